The van der Waals surface area contributed by atoms with E-state index in [9.17, 15) is 13.6 Å². The molecule has 1 fully saturated rings. The van der Waals surface area contributed by atoms with Gasteiger partial charge in [-0.05, 0) is 29.8 Å². The van der Waals surface area contributed by atoms with Crippen molar-refractivity contribution in [2.45, 2.75) is 22.7 Å². The van der Waals surface area contributed by atoms with Crippen molar-refractivity contribution in [1.82, 2.24) is 0 Å². The van der Waals surface area contributed by atoms with Crippen molar-refractivity contribution in [3.63, 3.8) is 0 Å². The van der Waals surface area contributed by atoms with E-state index in [1.165, 1.54) is 13.2 Å². The number of methoxy groups -OCH3 is 2. The van der Waals surface area contributed by atoms with Crippen LogP contribution in [-0.2, 0) is 16.6 Å². The van der Waals surface area contributed by atoms with Crippen LogP contribution in [0.15, 0.2) is 47.4 Å². The molecule has 9 heteroatoms. The highest BCUT2D eigenvalue weighted by atomic mass is 35.5. The van der Waals surface area contributed by atoms with Gasteiger partial charge in [-0.2, -0.15) is 0 Å². The van der Waals surface area contributed by atoms with E-state index in [4.69, 9.17) is 26.2 Å². The maximum atomic E-state index is 13.4. The Hall–Kier alpha value is -1.84. The number of halogens is 1. The zero-order valence-corrected chi connectivity index (χ0v) is 17.2. The van der Waals surface area contributed by atoms with Gasteiger partial charge < -0.3 is 19.3 Å². The number of hydroxylamine groups is 3. The standard InChI is InChI=1S/C19H23ClN2O5S/c1-26-17-8-7-13(9-18(17)27-2)10-22(23)11-15(16(20)12-22)14-5-3-4-6-19(14)28(21,24)25/h3-9,15-16H,10-12H2,1-2H3,(H2,21,24,25). The second-order valence-corrected chi connectivity index (χ2v) is 9.07. The van der Waals surface area contributed by atoms with E-state index in [1.54, 1.807) is 37.4 Å². The molecule has 0 aliphatic carbocycles. The minimum absolute atomic E-state index is 0.0187. The summed E-state index contributed by atoms with van der Waals surface area (Å²) in [7, 11) is -0.823. The summed E-state index contributed by atoms with van der Waals surface area (Å²) in [4.78, 5) is 0.0187. The molecule has 2 aromatic rings. The first-order valence-corrected chi connectivity index (χ1v) is 10.7. The average molecular weight is 427 g/mol. The number of primary sulfonamides is 1. The summed E-state index contributed by atoms with van der Waals surface area (Å²) in [5.74, 6) is 0.721. The van der Waals surface area contributed by atoms with Gasteiger partial charge in [-0.15, -0.1) is 11.6 Å². The molecule has 0 saturated carbocycles. The molecule has 0 amide bonds. The minimum atomic E-state index is -3.91. The molecule has 3 rings (SSSR count). The Morgan fingerprint density at radius 3 is 2.46 bits per heavy atom. The van der Waals surface area contributed by atoms with Crippen LogP contribution in [0.25, 0.3) is 0 Å². The van der Waals surface area contributed by atoms with Gasteiger partial charge in [0.05, 0.1) is 43.5 Å². The number of alkyl halides is 1. The summed E-state index contributed by atoms with van der Waals surface area (Å²) in [5, 5.41) is 18.2. The quantitative estimate of drug-likeness (QED) is 0.434. The van der Waals surface area contributed by atoms with Gasteiger partial charge in [0.15, 0.2) is 11.5 Å². The molecule has 152 valence electrons. The maximum absolute atomic E-state index is 13.4. The van der Waals surface area contributed by atoms with E-state index in [0.29, 0.717) is 17.1 Å². The Kier molecular flexibility index (Phi) is 5.88. The molecule has 7 nitrogen and oxygen atoms in total. The zero-order chi connectivity index (χ0) is 20.5. The highest BCUT2D eigenvalue weighted by Crippen LogP contribution is 2.39. The number of nitrogens with zero attached hydrogens (tertiary/aromatic N) is 1. The van der Waals surface area contributed by atoms with Crippen LogP contribution in [0.4, 0.5) is 0 Å². The lowest BCUT2D eigenvalue weighted by Crippen LogP contribution is -2.39. The van der Waals surface area contributed by atoms with E-state index in [0.717, 1.165) is 5.56 Å². The number of benzene rings is 2. The fraction of sp³-hybridized carbons (Fsp3) is 0.368. The molecule has 3 atom stereocenters. The monoisotopic (exact) mass is 426 g/mol. The summed E-state index contributed by atoms with van der Waals surface area (Å²) in [6.07, 6.45) is 0. The van der Waals surface area contributed by atoms with Crippen molar-refractivity contribution in [3.8, 4) is 11.5 Å². The van der Waals surface area contributed by atoms with Crippen LogP contribution in [0.5, 0.6) is 11.5 Å². The molecule has 1 heterocycles. The van der Waals surface area contributed by atoms with E-state index in [2.05, 4.69) is 0 Å². The second-order valence-electron chi connectivity index (χ2n) is 6.98. The number of hydrogen-bond acceptors (Lipinski definition) is 5. The molecule has 1 aliphatic heterocycles. The number of nitrogens with two attached hydrogens (primary N) is 1. The Morgan fingerprint density at radius 1 is 1.14 bits per heavy atom. The van der Waals surface area contributed by atoms with E-state index < -0.39 is 26.0 Å². The van der Waals surface area contributed by atoms with Crippen molar-refractivity contribution < 1.29 is 22.5 Å². The third kappa shape index (κ3) is 4.26. The molecule has 2 N–H and O–H groups in total. The lowest BCUT2D eigenvalue weighted by Gasteiger charge is -2.39. The number of ether oxygens (including phenoxy) is 2. The van der Waals surface area contributed by atoms with Gasteiger partial charge in [0.2, 0.25) is 10.0 Å². The smallest absolute Gasteiger partial charge is 0.238 e. The van der Waals surface area contributed by atoms with Crippen LogP contribution in [0, 0.1) is 5.21 Å². The largest absolute Gasteiger partial charge is 0.632 e. The minimum Gasteiger partial charge on any atom is -0.632 e. The summed E-state index contributed by atoms with van der Waals surface area (Å²) >= 11 is 6.50. The van der Waals surface area contributed by atoms with Crippen molar-refractivity contribution >= 4 is 21.6 Å². The molecule has 3 unspecified atom stereocenters. The predicted octanol–water partition coefficient (Wildman–Crippen LogP) is 2.57. The fourth-order valence-corrected chi connectivity index (χ4v) is 5.06. The van der Waals surface area contributed by atoms with E-state index in [1.807, 2.05) is 6.07 Å². The molecule has 0 aromatic heterocycles. The Morgan fingerprint density at radius 2 is 1.82 bits per heavy atom. The van der Waals surface area contributed by atoms with Crippen molar-refractivity contribution in [2.24, 2.45) is 5.14 Å². The van der Waals surface area contributed by atoms with Crippen LogP contribution in [0.2, 0.25) is 0 Å². The first kappa shape index (κ1) is 20.9. The first-order valence-electron chi connectivity index (χ1n) is 8.70. The van der Waals surface area contributed by atoms with Crippen LogP contribution in [0.1, 0.15) is 17.0 Å². The summed E-state index contributed by atoms with van der Waals surface area (Å²) < 4.78 is 33.8. The van der Waals surface area contributed by atoms with Crippen LogP contribution < -0.4 is 14.6 Å². The fourth-order valence-electron chi connectivity index (χ4n) is 3.77. The Bertz CT molecular complexity index is 969. The van der Waals surface area contributed by atoms with Crippen molar-refractivity contribution in [1.29, 1.82) is 0 Å². The number of likely N-dealkylation sites (tertiary alicyclic amines) is 1. The van der Waals surface area contributed by atoms with Crippen LogP contribution >= 0.6 is 11.6 Å². The third-order valence-electron chi connectivity index (χ3n) is 5.02. The molecule has 0 radical (unpaired) electrons. The topological polar surface area (TPSA) is 102 Å². The summed E-state index contributed by atoms with van der Waals surface area (Å²) in [5.41, 5.74) is 1.28. The molecule has 2 aromatic carbocycles. The van der Waals surface area contributed by atoms with Gasteiger partial charge in [0, 0.05) is 5.56 Å². The number of quaternary nitrogens is 1. The van der Waals surface area contributed by atoms with Gasteiger partial charge in [0.1, 0.15) is 6.54 Å². The maximum Gasteiger partial charge on any atom is 0.238 e. The second kappa shape index (κ2) is 7.88. The molecule has 28 heavy (non-hydrogen) atoms. The van der Waals surface area contributed by atoms with Crippen molar-refractivity contribution in [2.75, 3.05) is 27.3 Å². The van der Waals surface area contributed by atoms with Gasteiger partial charge in [-0.3, -0.25) is 0 Å². The highest BCUT2D eigenvalue weighted by Gasteiger charge is 2.42. The number of sulfonamides is 1. The number of rotatable bonds is 6. The SMILES string of the molecule is COc1ccc(C[N+]2([O-])CC(Cl)C(c3ccccc3S(N)(=O)=O)C2)cc1OC. The van der Waals surface area contributed by atoms with Crippen LogP contribution in [0.3, 0.4) is 0 Å². The predicted molar refractivity (Wildman–Crippen MR) is 107 cm³/mol. The zero-order valence-electron chi connectivity index (χ0n) is 15.7. The first-order chi connectivity index (χ1) is 13.2. The van der Waals surface area contributed by atoms with E-state index in [-0.39, 0.29) is 24.5 Å². The Balaban J connectivity index is 1.87. The lowest BCUT2D eigenvalue weighted by molar-refractivity contribution is -0.882. The highest BCUT2D eigenvalue weighted by molar-refractivity contribution is 7.89. The van der Waals surface area contributed by atoms with Crippen molar-refractivity contribution in [3.05, 3.63) is 58.8 Å². The average Bonchev–Trinajstić information content (AvgIpc) is 2.95. The lowest BCUT2D eigenvalue weighted by atomic mass is 9.98. The van der Waals surface area contributed by atoms with E-state index >= 15 is 0 Å². The normalized spacial score (nSPS) is 24.9. The number of hydrogen-bond donors (Lipinski definition) is 1. The molecule has 1 saturated heterocycles. The molecule has 0 bridgehead atoms. The van der Waals surface area contributed by atoms with Crippen LogP contribution in [-0.4, -0.2) is 45.8 Å². The molecular weight excluding hydrogens is 404 g/mol. The van der Waals surface area contributed by atoms with Gasteiger partial charge in [-0.25, -0.2) is 13.6 Å². The van der Waals surface area contributed by atoms with Gasteiger partial charge in [0.25, 0.3) is 0 Å². The van der Waals surface area contributed by atoms with Gasteiger partial charge >= 0.3 is 0 Å². The Labute approximate surface area is 169 Å². The molecular formula is C19H23ClN2O5S. The third-order valence-corrected chi connectivity index (χ3v) is 6.44. The summed E-state index contributed by atoms with van der Waals surface area (Å²) in [6.45, 7) is 0.520. The summed E-state index contributed by atoms with van der Waals surface area (Å²) in [6, 6.07) is 11.8. The van der Waals surface area contributed by atoms with Gasteiger partial charge in [-0.1, -0.05) is 18.2 Å². The molecule has 1 aliphatic rings. The molecule has 0 spiro atoms.